The van der Waals surface area contributed by atoms with Gasteiger partial charge in [-0.25, -0.2) is 0 Å². The van der Waals surface area contributed by atoms with Crippen LogP contribution in [0.4, 0.5) is 0 Å². The lowest BCUT2D eigenvalue weighted by molar-refractivity contribution is -0.145. The standard InChI is InChI=1S/C6H10O3.CH2O2/c1-3-9-6(8)4-5(2)7;2-1-3/h3-4H2,1-2H3;1H,(H,2,3). The number of carbonyl (C=O) groups excluding carboxylic acids is 2. The monoisotopic (exact) mass is 176 g/mol. The summed E-state index contributed by atoms with van der Waals surface area (Å²) in [7, 11) is 0. The first kappa shape index (κ1) is 13.2. The van der Waals surface area contributed by atoms with Gasteiger partial charge in [0.2, 0.25) is 0 Å². The molecule has 0 atom stereocenters. The van der Waals surface area contributed by atoms with E-state index in [4.69, 9.17) is 9.90 Å². The molecule has 1 N–H and O–H groups in total. The Morgan fingerprint density at radius 2 is 1.92 bits per heavy atom. The maximum absolute atomic E-state index is 10.4. The normalized spacial score (nSPS) is 7.50. The number of ketones is 1. The van der Waals surface area contributed by atoms with Crippen molar-refractivity contribution >= 4 is 18.2 Å². The molecule has 0 rings (SSSR count). The van der Waals surface area contributed by atoms with Gasteiger partial charge in [-0.2, -0.15) is 0 Å². The number of carbonyl (C=O) groups is 3. The summed E-state index contributed by atoms with van der Waals surface area (Å²) < 4.78 is 4.49. The highest BCUT2D eigenvalue weighted by atomic mass is 16.5. The van der Waals surface area contributed by atoms with E-state index in [1.54, 1.807) is 6.92 Å². The molecule has 0 aromatic carbocycles. The van der Waals surface area contributed by atoms with Crippen molar-refractivity contribution in [3.63, 3.8) is 0 Å². The quantitative estimate of drug-likeness (QED) is 0.378. The van der Waals surface area contributed by atoms with Gasteiger partial charge >= 0.3 is 5.97 Å². The lowest BCUT2D eigenvalue weighted by atomic mass is 10.3. The Kier molecular flexibility index (Phi) is 10.6. The zero-order valence-corrected chi connectivity index (χ0v) is 7.07. The van der Waals surface area contributed by atoms with Gasteiger partial charge in [0.1, 0.15) is 12.2 Å². The van der Waals surface area contributed by atoms with Crippen molar-refractivity contribution in [3.8, 4) is 0 Å². The fraction of sp³-hybridized carbons (Fsp3) is 0.571. The molecule has 5 heteroatoms. The van der Waals surface area contributed by atoms with Crippen molar-refractivity contribution in [3.05, 3.63) is 0 Å². The summed E-state index contributed by atoms with van der Waals surface area (Å²) in [6.45, 7) is 3.15. The fourth-order valence-electron chi connectivity index (χ4n) is 0.415. The molecular weight excluding hydrogens is 164 g/mol. The minimum atomic E-state index is -0.440. The summed E-state index contributed by atoms with van der Waals surface area (Å²) in [6.07, 6.45) is -0.103. The van der Waals surface area contributed by atoms with Gasteiger partial charge in [-0.05, 0) is 13.8 Å². The van der Waals surface area contributed by atoms with Crippen molar-refractivity contribution in [2.45, 2.75) is 20.3 Å². The van der Waals surface area contributed by atoms with Crippen LogP contribution < -0.4 is 0 Å². The Hall–Kier alpha value is -1.39. The number of carboxylic acid groups (broad SMARTS) is 1. The smallest absolute Gasteiger partial charge is 0.313 e. The van der Waals surface area contributed by atoms with Gasteiger partial charge in [0.15, 0.2) is 0 Å². The molecule has 5 nitrogen and oxygen atoms in total. The van der Waals surface area contributed by atoms with Gasteiger partial charge < -0.3 is 9.84 Å². The number of esters is 1. The average Bonchev–Trinajstić information content (AvgIpc) is 1.87. The third-order valence-electron chi connectivity index (χ3n) is 0.699. The molecule has 0 aromatic rings. The molecule has 0 heterocycles. The molecule has 70 valence electrons. The van der Waals surface area contributed by atoms with Crippen LogP contribution in [0.2, 0.25) is 0 Å². The average molecular weight is 176 g/mol. The molecule has 0 unspecified atom stereocenters. The van der Waals surface area contributed by atoms with Crippen LogP contribution in [0, 0.1) is 0 Å². The highest BCUT2D eigenvalue weighted by Gasteiger charge is 2.03. The van der Waals surface area contributed by atoms with E-state index in [0.717, 1.165) is 0 Å². The van der Waals surface area contributed by atoms with Gasteiger partial charge in [0.05, 0.1) is 6.61 Å². The van der Waals surface area contributed by atoms with Gasteiger partial charge in [0.25, 0.3) is 6.47 Å². The largest absolute Gasteiger partial charge is 0.483 e. The number of hydrogen-bond donors (Lipinski definition) is 1. The Morgan fingerprint density at radius 3 is 2.17 bits per heavy atom. The third kappa shape index (κ3) is 15.8. The Labute approximate surface area is 70.3 Å². The Bertz CT molecular complexity index is 152. The maximum atomic E-state index is 10.4. The predicted octanol–water partition coefficient (Wildman–Crippen LogP) is 0.229. The summed E-state index contributed by atoms with van der Waals surface area (Å²) in [5.74, 6) is -0.599. The lowest BCUT2D eigenvalue weighted by Gasteiger charge is -1.96. The Balaban J connectivity index is 0. The predicted molar refractivity (Wildman–Crippen MR) is 40.6 cm³/mol. The van der Waals surface area contributed by atoms with E-state index in [1.165, 1.54) is 6.92 Å². The summed E-state index contributed by atoms with van der Waals surface area (Å²) in [5, 5.41) is 6.89. The molecule has 0 aliphatic carbocycles. The summed E-state index contributed by atoms with van der Waals surface area (Å²) in [4.78, 5) is 29.0. The van der Waals surface area contributed by atoms with E-state index >= 15 is 0 Å². The van der Waals surface area contributed by atoms with Gasteiger partial charge in [-0.15, -0.1) is 0 Å². The minimum Gasteiger partial charge on any atom is -0.483 e. The highest BCUT2D eigenvalue weighted by molar-refractivity contribution is 5.94. The topological polar surface area (TPSA) is 80.7 Å². The second-order valence-electron chi connectivity index (χ2n) is 1.79. The summed E-state index contributed by atoms with van der Waals surface area (Å²) in [6, 6.07) is 0. The zero-order chi connectivity index (χ0) is 9.98. The number of ether oxygens (including phenoxy) is 1. The third-order valence-corrected chi connectivity index (χ3v) is 0.699. The van der Waals surface area contributed by atoms with Crippen LogP contribution in [0.25, 0.3) is 0 Å². The minimum absolute atomic E-state index is 0.103. The molecule has 0 saturated carbocycles. The van der Waals surface area contributed by atoms with Crippen molar-refractivity contribution < 1.29 is 24.2 Å². The van der Waals surface area contributed by atoms with Crippen LogP contribution in [0.1, 0.15) is 20.3 Å². The fourth-order valence-corrected chi connectivity index (χ4v) is 0.415. The molecule has 0 radical (unpaired) electrons. The van der Waals surface area contributed by atoms with Gasteiger partial charge in [-0.3, -0.25) is 14.4 Å². The Morgan fingerprint density at radius 1 is 1.50 bits per heavy atom. The number of Topliss-reactive ketones (excluding diaryl/α,β-unsaturated/α-hetero) is 1. The first-order valence-electron chi connectivity index (χ1n) is 3.31. The van der Waals surface area contributed by atoms with Crippen LogP contribution in [0.15, 0.2) is 0 Å². The molecule has 0 aliphatic heterocycles. The first-order valence-corrected chi connectivity index (χ1v) is 3.31. The van der Waals surface area contributed by atoms with E-state index < -0.39 is 5.97 Å². The first-order chi connectivity index (χ1) is 5.58. The molecule has 0 spiro atoms. The van der Waals surface area contributed by atoms with Crippen LogP contribution in [0.5, 0.6) is 0 Å². The molecule has 0 amide bonds. The number of rotatable bonds is 3. The molecule has 0 saturated heterocycles. The molecule has 0 fully saturated rings. The molecule has 12 heavy (non-hydrogen) atoms. The van der Waals surface area contributed by atoms with Crippen molar-refractivity contribution in [2.75, 3.05) is 6.61 Å². The highest BCUT2D eigenvalue weighted by Crippen LogP contribution is 1.86. The second kappa shape index (κ2) is 9.61. The SMILES string of the molecule is CCOC(=O)CC(C)=O.O=CO. The molecular formula is C7H12O5. The van der Waals surface area contributed by atoms with E-state index in [9.17, 15) is 9.59 Å². The summed E-state index contributed by atoms with van der Waals surface area (Å²) >= 11 is 0. The van der Waals surface area contributed by atoms with Crippen molar-refractivity contribution in [1.82, 2.24) is 0 Å². The van der Waals surface area contributed by atoms with Crippen molar-refractivity contribution in [2.24, 2.45) is 0 Å². The second-order valence-corrected chi connectivity index (χ2v) is 1.79. The van der Waals surface area contributed by atoms with Crippen LogP contribution in [-0.2, 0) is 19.1 Å². The van der Waals surface area contributed by atoms with Crippen LogP contribution in [-0.4, -0.2) is 29.9 Å². The number of hydrogen-bond acceptors (Lipinski definition) is 4. The molecule has 0 aromatic heterocycles. The van der Waals surface area contributed by atoms with Gasteiger partial charge in [-0.1, -0.05) is 0 Å². The van der Waals surface area contributed by atoms with E-state index in [1.807, 2.05) is 0 Å². The maximum Gasteiger partial charge on any atom is 0.313 e. The molecule has 0 aliphatic rings. The summed E-state index contributed by atoms with van der Waals surface area (Å²) in [5.41, 5.74) is 0. The molecule has 0 bridgehead atoms. The van der Waals surface area contributed by atoms with E-state index in [2.05, 4.69) is 4.74 Å². The van der Waals surface area contributed by atoms with E-state index in [0.29, 0.717) is 6.61 Å². The van der Waals surface area contributed by atoms with E-state index in [-0.39, 0.29) is 18.7 Å². The van der Waals surface area contributed by atoms with Crippen molar-refractivity contribution in [1.29, 1.82) is 0 Å². The lowest BCUT2D eigenvalue weighted by Crippen LogP contribution is -2.07. The zero-order valence-electron chi connectivity index (χ0n) is 7.07. The van der Waals surface area contributed by atoms with Gasteiger partial charge in [0, 0.05) is 0 Å². The van der Waals surface area contributed by atoms with Crippen LogP contribution in [0.3, 0.4) is 0 Å². The van der Waals surface area contributed by atoms with Crippen LogP contribution >= 0.6 is 0 Å².